The Labute approximate surface area is 152 Å². The van der Waals surface area contributed by atoms with Gasteiger partial charge in [-0.05, 0) is 17.7 Å². The number of anilines is 1. The summed E-state index contributed by atoms with van der Waals surface area (Å²) in [6.07, 6.45) is -0.484. The van der Waals surface area contributed by atoms with Crippen LogP contribution in [0.2, 0.25) is 0 Å². The van der Waals surface area contributed by atoms with Crippen LogP contribution >= 0.6 is 0 Å². The van der Waals surface area contributed by atoms with Crippen molar-refractivity contribution in [2.45, 2.75) is 6.61 Å². The largest absolute Gasteiger partial charge is 0.629 e. The summed E-state index contributed by atoms with van der Waals surface area (Å²) in [6.45, 7) is 2.29. The van der Waals surface area contributed by atoms with E-state index in [0.29, 0.717) is 31.9 Å². The van der Waals surface area contributed by atoms with Gasteiger partial charge in [0.15, 0.2) is 0 Å². The Bertz CT molecular complexity index is 706. The Morgan fingerprint density at radius 1 is 1.12 bits per heavy atom. The SMILES string of the molecule is C[NH+]([O-])c1ccc(N2CCON(C(=O)OCc3ccccc3)CC2)cc1. The second-order valence-corrected chi connectivity index (χ2v) is 6.07. The summed E-state index contributed by atoms with van der Waals surface area (Å²) in [5.41, 5.74) is 2.62. The van der Waals surface area contributed by atoms with E-state index in [1.165, 1.54) is 5.06 Å². The van der Waals surface area contributed by atoms with Gasteiger partial charge in [0, 0.05) is 30.9 Å². The van der Waals surface area contributed by atoms with E-state index >= 15 is 0 Å². The fraction of sp³-hybridized carbons (Fsp3) is 0.316. The van der Waals surface area contributed by atoms with E-state index < -0.39 is 6.09 Å². The highest BCUT2D eigenvalue weighted by molar-refractivity contribution is 5.66. The van der Waals surface area contributed by atoms with Crippen LogP contribution in [0, 0.1) is 5.21 Å². The van der Waals surface area contributed by atoms with Crippen molar-refractivity contribution in [3.63, 3.8) is 0 Å². The molecular formula is C19H23N3O4. The standard InChI is InChI=1S/C19H23N3O4/c1-20(24)17-7-9-18(10-8-17)21-11-12-22(26-14-13-21)19(23)25-15-16-5-3-2-4-6-16/h2-10,20H,11-15H2,1H3. The Hall–Kier alpha value is -2.61. The molecule has 2 aromatic rings. The van der Waals surface area contributed by atoms with Gasteiger partial charge in [-0.2, -0.15) is 5.06 Å². The number of carbonyl (C=O) groups is 1. The number of rotatable bonds is 4. The average molecular weight is 357 g/mol. The number of amides is 1. The van der Waals surface area contributed by atoms with Crippen molar-refractivity contribution in [3.05, 3.63) is 65.4 Å². The van der Waals surface area contributed by atoms with Crippen molar-refractivity contribution in [1.29, 1.82) is 0 Å². The molecule has 0 aromatic heterocycles. The molecule has 0 spiro atoms. The minimum absolute atomic E-state index is 0.0445. The van der Waals surface area contributed by atoms with Gasteiger partial charge in [0.1, 0.15) is 12.3 Å². The molecule has 0 saturated carbocycles. The van der Waals surface area contributed by atoms with Crippen LogP contribution < -0.4 is 9.96 Å². The first-order valence-electron chi connectivity index (χ1n) is 8.60. The van der Waals surface area contributed by atoms with Gasteiger partial charge in [0.05, 0.1) is 20.2 Å². The van der Waals surface area contributed by atoms with E-state index in [1.54, 1.807) is 7.05 Å². The molecule has 7 heteroatoms. The molecule has 138 valence electrons. The quantitative estimate of drug-likeness (QED) is 0.844. The summed E-state index contributed by atoms with van der Waals surface area (Å²) < 4.78 is 5.31. The molecule has 2 aromatic carbocycles. The molecular weight excluding hydrogens is 334 g/mol. The highest BCUT2D eigenvalue weighted by atomic mass is 16.7. The lowest BCUT2D eigenvalue weighted by atomic mass is 10.2. The number of hydroxylamine groups is 3. The zero-order chi connectivity index (χ0) is 18.4. The third-order valence-corrected chi connectivity index (χ3v) is 4.23. The minimum atomic E-state index is -0.484. The van der Waals surface area contributed by atoms with Crippen molar-refractivity contribution < 1.29 is 19.4 Å². The van der Waals surface area contributed by atoms with Crippen LogP contribution in [-0.2, 0) is 16.2 Å². The summed E-state index contributed by atoms with van der Waals surface area (Å²) in [6, 6.07) is 17.0. The molecule has 1 N–H and O–H groups in total. The Balaban J connectivity index is 1.53. The van der Waals surface area contributed by atoms with Gasteiger partial charge in [-0.1, -0.05) is 30.3 Å². The van der Waals surface area contributed by atoms with Crippen molar-refractivity contribution in [3.8, 4) is 0 Å². The van der Waals surface area contributed by atoms with Crippen molar-refractivity contribution in [1.82, 2.24) is 5.06 Å². The van der Waals surface area contributed by atoms with E-state index in [1.807, 2.05) is 54.6 Å². The van der Waals surface area contributed by atoms with Crippen LogP contribution in [0.15, 0.2) is 54.6 Å². The van der Waals surface area contributed by atoms with Crippen LogP contribution in [0.4, 0.5) is 16.2 Å². The predicted molar refractivity (Wildman–Crippen MR) is 97.9 cm³/mol. The fourth-order valence-electron chi connectivity index (χ4n) is 2.75. The van der Waals surface area contributed by atoms with Crippen LogP contribution in [0.1, 0.15) is 5.56 Å². The van der Waals surface area contributed by atoms with Crippen LogP contribution in [-0.4, -0.2) is 44.4 Å². The van der Waals surface area contributed by atoms with Crippen LogP contribution in [0.25, 0.3) is 0 Å². The lowest BCUT2D eigenvalue weighted by molar-refractivity contribution is -0.751. The highest BCUT2D eigenvalue weighted by Crippen LogP contribution is 2.17. The molecule has 1 amide bonds. The van der Waals surface area contributed by atoms with Gasteiger partial charge < -0.3 is 19.9 Å². The Morgan fingerprint density at radius 3 is 2.54 bits per heavy atom. The smallest absolute Gasteiger partial charge is 0.434 e. The molecule has 0 bridgehead atoms. The maximum atomic E-state index is 12.2. The number of hydrogen-bond donors (Lipinski definition) is 1. The summed E-state index contributed by atoms with van der Waals surface area (Å²) in [5, 5.41) is 12.7. The number of carbonyl (C=O) groups excluding carboxylic acids is 1. The fourth-order valence-corrected chi connectivity index (χ4v) is 2.75. The third kappa shape index (κ3) is 4.72. The van der Waals surface area contributed by atoms with Crippen LogP contribution in [0.3, 0.4) is 0 Å². The van der Waals surface area contributed by atoms with Gasteiger partial charge >= 0.3 is 6.09 Å². The van der Waals surface area contributed by atoms with Crippen molar-refractivity contribution >= 4 is 17.5 Å². The van der Waals surface area contributed by atoms with E-state index in [4.69, 9.17) is 9.57 Å². The Morgan fingerprint density at radius 2 is 1.85 bits per heavy atom. The number of nitrogens with one attached hydrogen (secondary N) is 1. The molecule has 0 radical (unpaired) electrons. The normalized spacial score (nSPS) is 16.1. The van der Waals surface area contributed by atoms with Crippen LogP contribution in [0.5, 0.6) is 0 Å². The molecule has 1 fully saturated rings. The van der Waals surface area contributed by atoms with E-state index in [2.05, 4.69) is 4.90 Å². The third-order valence-electron chi connectivity index (χ3n) is 4.23. The Kier molecular flexibility index (Phi) is 6.06. The molecule has 1 atom stereocenters. The summed E-state index contributed by atoms with van der Waals surface area (Å²) in [5.74, 6) is 0. The topological polar surface area (TPSA) is 69.5 Å². The molecule has 1 aliphatic rings. The monoisotopic (exact) mass is 357 g/mol. The molecule has 0 aliphatic carbocycles. The molecule has 1 saturated heterocycles. The summed E-state index contributed by atoms with van der Waals surface area (Å²) in [7, 11) is 1.55. The molecule has 1 heterocycles. The maximum Gasteiger partial charge on any atom is 0.434 e. The number of benzene rings is 2. The number of quaternary nitrogens is 1. The minimum Gasteiger partial charge on any atom is -0.629 e. The average Bonchev–Trinajstić information content (AvgIpc) is 2.93. The van der Waals surface area contributed by atoms with Gasteiger partial charge in [-0.15, -0.1) is 0 Å². The van der Waals surface area contributed by atoms with Gasteiger partial charge in [-0.25, -0.2) is 4.79 Å². The number of ether oxygens (including phenoxy) is 1. The molecule has 1 unspecified atom stereocenters. The zero-order valence-corrected chi connectivity index (χ0v) is 14.8. The molecule has 1 aliphatic heterocycles. The highest BCUT2D eigenvalue weighted by Gasteiger charge is 2.21. The van der Waals surface area contributed by atoms with Crippen molar-refractivity contribution in [2.75, 3.05) is 38.2 Å². The van der Waals surface area contributed by atoms with Gasteiger partial charge in [0.25, 0.3) is 0 Å². The zero-order valence-electron chi connectivity index (χ0n) is 14.8. The summed E-state index contributed by atoms with van der Waals surface area (Å²) in [4.78, 5) is 19.9. The first-order chi connectivity index (χ1) is 12.6. The molecule has 26 heavy (non-hydrogen) atoms. The first-order valence-corrected chi connectivity index (χ1v) is 8.60. The lowest BCUT2D eigenvalue weighted by Crippen LogP contribution is -2.98. The summed E-state index contributed by atoms with van der Waals surface area (Å²) >= 11 is 0. The second kappa shape index (κ2) is 8.66. The van der Waals surface area contributed by atoms with Gasteiger partial charge in [0.2, 0.25) is 0 Å². The molecule has 7 nitrogen and oxygen atoms in total. The maximum absolute atomic E-state index is 12.2. The predicted octanol–water partition coefficient (Wildman–Crippen LogP) is 1.72. The van der Waals surface area contributed by atoms with E-state index in [0.717, 1.165) is 11.3 Å². The van der Waals surface area contributed by atoms with E-state index in [9.17, 15) is 10.0 Å². The molecule has 3 rings (SSSR count). The van der Waals surface area contributed by atoms with E-state index in [-0.39, 0.29) is 11.7 Å². The lowest BCUT2D eigenvalue weighted by Gasteiger charge is -2.23. The second-order valence-electron chi connectivity index (χ2n) is 6.07. The van der Waals surface area contributed by atoms with Gasteiger partial charge in [-0.3, -0.25) is 4.84 Å². The number of hydrogen-bond acceptors (Lipinski definition) is 5. The number of nitrogens with zero attached hydrogens (tertiary/aromatic N) is 2. The first kappa shape index (κ1) is 18.2. The van der Waals surface area contributed by atoms with Crippen molar-refractivity contribution in [2.24, 2.45) is 0 Å².